The Balaban J connectivity index is 1.10. The molecule has 0 saturated carbocycles. The van der Waals surface area contributed by atoms with Gasteiger partial charge in [-0.15, -0.1) is 45.3 Å². The predicted octanol–water partition coefficient (Wildman–Crippen LogP) is 15.0. The summed E-state index contributed by atoms with van der Waals surface area (Å²) in [7, 11) is 0. The molecular weight excluding hydrogens is 761 g/mol. The molecule has 0 fully saturated rings. The second-order valence-electron chi connectivity index (χ2n) is 12.2. The van der Waals surface area contributed by atoms with Crippen molar-refractivity contribution in [3.8, 4) is 33.4 Å². The first-order valence-corrected chi connectivity index (χ1v) is 18.8. The van der Waals surface area contributed by atoms with Gasteiger partial charge >= 0.3 is 0 Å². The number of hydrogen-bond acceptors (Lipinski definition) is 4. The summed E-state index contributed by atoms with van der Waals surface area (Å²) in [4.78, 5) is 0. The lowest BCUT2D eigenvalue weighted by atomic mass is 9.93. The highest BCUT2D eigenvalue weighted by molar-refractivity contribution is 7.37. The zero-order valence-corrected chi connectivity index (χ0v) is 29.0. The average molecular weight is 775 g/mol. The quantitative estimate of drug-likeness (QED) is 0.124. The molecule has 0 aliphatic heterocycles. The van der Waals surface area contributed by atoms with Gasteiger partial charge < -0.3 is 0 Å². The van der Waals surface area contributed by atoms with Crippen molar-refractivity contribution in [1.29, 1.82) is 0 Å². The van der Waals surface area contributed by atoms with Crippen LogP contribution in [0.3, 0.4) is 0 Å². The van der Waals surface area contributed by atoms with Gasteiger partial charge in [-0.2, -0.15) is 0 Å². The highest BCUT2D eigenvalue weighted by Gasteiger charge is 2.35. The first-order valence-electron chi connectivity index (χ1n) is 15.5. The molecule has 0 spiro atoms. The van der Waals surface area contributed by atoms with Crippen LogP contribution in [0.5, 0.6) is 0 Å². The van der Waals surface area contributed by atoms with Crippen molar-refractivity contribution < 1.29 is 35.1 Å². The Bertz CT molecular complexity index is 2910. The zero-order chi connectivity index (χ0) is 35.7. The normalized spacial score (nSPS) is 12.2. The number of rotatable bonds is 3. The molecule has 0 amide bonds. The fraction of sp³-hybridized carbons (Fsp3) is 0. The van der Waals surface area contributed by atoms with Crippen molar-refractivity contribution >= 4 is 104 Å². The van der Waals surface area contributed by atoms with Gasteiger partial charge in [0, 0.05) is 40.3 Å². The van der Waals surface area contributed by atoms with Crippen molar-refractivity contribution in [2.24, 2.45) is 0 Å². The van der Waals surface area contributed by atoms with Crippen LogP contribution < -0.4 is 0 Å². The number of halogens is 8. The lowest BCUT2D eigenvalue weighted by Crippen LogP contribution is -2.09. The Morgan fingerprint density at radius 2 is 0.577 bits per heavy atom. The van der Waals surface area contributed by atoms with Crippen molar-refractivity contribution in [2.75, 3.05) is 0 Å². The maximum absolute atomic E-state index is 15.7. The summed E-state index contributed by atoms with van der Waals surface area (Å²) in [5.41, 5.74) is -6.53. The van der Waals surface area contributed by atoms with E-state index in [1.807, 2.05) is 48.5 Å². The van der Waals surface area contributed by atoms with Crippen molar-refractivity contribution in [1.82, 2.24) is 0 Å². The lowest BCUT2D eigenvalue weighted by molar-refractivity contribution is 0.446. The Morgan fingerprint density at radius 3 is 0.942 bits per heavy atom. The number of fused-ring (bicyclic) bond motifs is 10. The third-order valence-corrected chi connectivity index (χ3v) is 14.4. The molecule has 0 bridgehead atoms. The fourth-order valence-corrected chi connectivity index (χ4v) is 12.3. The van der Waals surface area contributed by atoms with Crippen LogP contribution >= 0.6 is 45.3 Å². The molecule has 4 heterocycles. The summed E-state index contributed by atoms with van der Waals surface area (Å²) in [5, 5.41) is 3.51. The largest absolute Gasteiger partial charge is 0.203 e. The summed E-state index contributed by atoms with van der Waals surface area (Å²) in [6.45, 7) is 0. The molecule has 0 unspecified atom stereocenters. The van der Waals surface area contributed by atoms with Crippen LogP contribution in [-0.2, 0) is 0 Å². The van der Waals surface area contributed by atoms with Crippen LogP contribution in [0.2, 0.25) is 0 Å². The number of hydrogen-bond donors (Lipinski definition) is 0. The van der Waals surface area contributed by atoms with E-state index in [0.717, 1.165) is 49.7 Å². The van der Waals surface area contributed by atoms with Gasteiger partial charge in [-0.3, -0.25) is 0 Å². The van der Waals surface area contributed by atoms with Gasteiger partial charge in [-0.25, -0.2) is 35.1 Å². The van der Waals surface area contributed by atoms with Gasteiger partial charge in [-0.05, 0) is 35.4 Å². The van der Waals surface area contributed by atoms with Crippen LogP contribution in [-0.4, -0.2) is 0 Å². The van der Waals surface area contributed by atoms with E-state index < -0.39 is 68.8 Å². The molecule has 0 N–H and O–H groups in total. The molecule has 0 radical (unpaired) electrons. The van der Waals surface area contributed by atoms with E-state index >= 15 is 35.1 Å². The lowest BCUT2D eigenvalue weighted by Gasteiger charge is -2.16. The van der Waals surface area contributed by atoms with Crippen LogP contribution in [0.25, 0.3) is 92.5 Å². The molecule has 0 nitrogen and oxygen atoms in total. The molecule has 0 aliphatic rings. The van der Waals surface area contributed by atoms with E-state index in [1.165, 1.54) is 69.6 Å². The summed E-state index contributed by atoms with van der Waals surface area (Å²) < 4.78 is 133. The minimum atomic E-state index is -2.20. The first-order chi connectivity index (χ1) is 25.1. The standard InChI is InChI=1S/C40H14F8S4/c41-29-25(15-9-11-19-23(13-15)51-37-17-5-1-3-7-21(17)49-39(19)37)30(42)34(46)27(33(29)45)28-35(47)31(43)26(32(44)36(28)48)16-10-12-20-24(14-16)52-38-18-6-2-4-8-22(18)50-40(20)38/h1-14H. The molecule has 254 valence electrons. The summed E-state index contributed by atoms with van der Waals surface area (Å²) >= 11 is 5.72. The third kappa shape index (κ3) is 4.29. The summed E-state index contributed by atoms with van der Waals surface area (Å²) in [6, 6.07) is 23.8. The van der Waals surface area contributed by atoms with Gasteiger partial charge in [-0.1, -0.05) is 60.7 Å². The van der Waals surface area contributed by atoms with Crippen molar-refractivity contribution in [2.45, 2.75) is 0 Å². The van der Waals surface area contributed by atoms with Crippen molar-refractivity contribution in [3.63, 3.8) is 0 Å². The molecule has 12 heteroatoms. The smallest absolute Gasteiger partial charge is 0.170 e. The Kier molecular flexibility index (Phi) is 6.92. The van der Waals surface area contributed by atoms with Gasteiger partial charge in [0.15, 0.2) is 46.5 Å². The molecule has 6 aromatic carbocycles. The SMILES string of the molecule is Fc1c(F)c(-c2c(F)c(F)c(-c3ccc4c(c3)sc3c5ccccc5sc43)c(F)c2F)c(F)c(F)c1-c1ccc2c(c1)sc1c3ccccc3sc21. The van der Waals surface area contributed by atoms with E-state index in [-0.39, 0.29) is 11.1 Å². The molecule has 10 aromatic rings. The highest BCUT2D eigenvalue weighted by atomic mass is 32.1. The molecule has 0 atom stereocenters. The van der Waals surface area contributed by atoms with Crippen LogP contribution in [0, 0.1) is 46.5 Å². The molecule has 52 heavy (non-hydrogen) atoms. The average Bonchev–Trinajstić information content (AvgIpc) is 3.89. The second kappa shape index (κ2) is 11.3. The first kappa shape index (κ1) is 31.8. The van der Waals surface area contributed by atoms with E-state index in [4.69, 9.17) is 0 Å². The summed E-state index contributed by atoms with van der Waals surface area (Å²) in [5.74, 6) is -16.7. The number of thiophene rings is 4. The van der Waals surface area contributed by atoms with E-state index in [0.29, 0.717) is 9.40 Å². The molecule has 4 aromatic heterocycles. The molecule has 0 saturated heterocycles. The van der Waals surface area contributed by atoms with Crippen LogP contribution in [0.15, 0.2) is 84.9 Å². The minimum Gasteiger partial charge on any atom is -0.203 e. The maximum atomic E-state index is 15.7. The molecule has 0 aliphatic carbocycles. The maximum Gasteiger partial charge on any atom is 0.170 e. The third-order valence-electron chi connectivity index (χ3n) is 9.33. The highest BCUT2D eigenvalue weighted by Crippen LogP contribution is 2.48. The predicted molar refractivity (Wildman–Crippen MR) is 199 cm³/mol. The Morgan fingerprint density at radius 1 is 0.288 bits per heavy atom. The topological polar surface area (TPSA) is 0 Å². The van der Waals surface area contributed by atoms with E-state index in [9.17, 15) is 0 Å². The minimum absolute atomic E-state index is 0.240. The van der Waals surface area contributed by atoms with Crippen molar-refractivity contribution in [3.05, 3.63) is 131 Å². The Hall–Kier alpha value is -4.88. The fourth-order valence-electron chi connectivity index (χ4n) is 6.93. The second-order valence-corrected chi connectivity index (χ2v) is 16.4. The summed E-state index contributed by atoms with van der Waals surface area (Å²) in [6.07, 6.45) is 0. The van der Waals surface area contributed by atoms with E-state index in [2.05, 4.69) is 0 Å². The monoisotopic (exact) mass is 774 g/mol. The van der Waals surface area contributed by atoms with Gasteiger partial charge in [0.25, 0.3) is 0 Å². The van der Waals surface area contributed by atoms with Gasteiger partial charge in [0.05, 0.1) is 41.1 Å². The van der Waals surface area contributed by atoms with Crippen LogP contribution in [0.4, 0.5) is 35.1 Å². The Labute approximate surface area is 303 Å². The van der Waals surface area contributed by atoms with Gasteiger partial charge in [0.2, 0.25) is 0 Å². The molecular formula is C40H14F8S4. The number of benzene rings is 6. The zero-order valence-electron chi connectivity index (χ0n) is 25.7. The van der Waals surface area contributed by atoms with Gasteiger partial charge in [0.1, 0.15) is 0 Å². The molecule has 10 rings (SSSR count). The van der Waals surface area contributed by atoms with E-state index in [1.54, 1.807) is 12.1 Å². The van der Waals surface area contributed by atoms with Crippen LogP contribution in [0.1, 0.15) is 0 Å².